The average molecular weight is 405 g/mol. The van der Waals surface area contributed by atoms with Crippen LogP contribution in [-0.4, -0.2) is 60.0 Å². The number of nitrogens with zero attached hydrogens (tertiary/aromatic N) is 2. The van der Waals surface area contributed by atoms with Gasteiger partial charge in [0.25, 0.3) is 5.91 Å². The summed E-state index contributed by atoms with van der Waals surface area (Å²) in [6.45, 7) is 5.42. The fourth-order valence-electron chi connectivity index (χ4n) is 3.16. The molecule has 154 valence electrons. The van der Waals surface area contributed by atoms with Crippen LogP contribution in [0.1, 0.15) is 55.8 Å². The summed E-state index contributed by atoms with van der Waals surface area (Å²) in [5.41, 5.74) is 1.33. The molecule has 1 heterocycles. The van der Waals surface area contributed by atoms with Gasteiger partial charge in [-0.15, -0.1) is 0 Å². The Morgan fingerprint density at radius 1 is 1.07 bits per heavy atom. The number of anilines is 1. The molecular formula is C21H32N4O2S. The summed E-state index contributed by atoms with van der Waals surface area (Å²) in [5.74, 6) is -0.0440. The Kier molecular flexibility index (Phi) is 9.37. The second-order valence-electron chi connectivity index (χ2n) is 7.34. The number of thiocarbonyl (C=S) groups is 1. The monoisotopic (exact) mass is 404 g/mol. The maximum Gasteiger partial charge on any atom is 0.254 e. The second-order valence-corrected chi connectivity index (χ2v) is 7.75. The van der Waals surface area contributed by atoms with Crippen LogP contribution in [0.25, 0.3) is 0 Å². The summed E-state index contributed by atoms with van der Waals surface area (Å²) in [5, 5.41) is 5.99. The molecule has 1 aromatic rings. The van der Waals surface area contributed by atoms with E-state index in [9.17, 15) is 9.59 Å². The molecule has 1 fully saturated rings. The summed E-state index contributed by atoms with van der Waals surface area (Å²) in [6.07, 6.45) is 6.00. The number of carbonyl (C=O) groups is 2. The van der Waals surface area contributed by atoms with Crippen molar-refractivity contribution in [2.75, 3.05) is 38.5 Å². The van der Waals surface area contributed by atoms with Gasteiger partial charge in [0, 0.05) is 43.9 Å². The molecular weight excluding hydrogens is 372 g/mol. The number of hydrogen-bond donors (Lipinski definition) is 2. The smallest absolute Gasteiger partial charge is 0.254 e. The van der Waals surface area contributed by atoms with E-state index < -0.39 is 0 Å². The number of nitrogens with one attached hydrogen (secondary N) is 2. The van der Waals surface area contributed by atoms with E-state index in [1.165, 1.54) is 19.3 Å². The Labute approximate surface area is 173 Å². The van der Waals surface area contributed by atoms with Crippen LogP contribution in [0.15, 0.2) is 24.3 Å². The van der Waals surface area contributed by atoms with E-state index in [2.05, 4.69) is 29.5 Å². The number of unbranched alkanes of at least 4 members (excludes halogenated alkanes) is 4. The average Bonchev–Trinajstić information content (AvgIpc) is 2.68. The van der Waals surface area contributed by atoms with E-state index in [0.29, 0.717) is 17.7 Å². The van der Waals surface area contributed by atoms with Gasteiger partial charge in [-0.1, -0.05) is 38.7 Å². The molecule has 2 rings (SSSR count). The van der Waals surface area contributed by atoms with Crippen LogP contribution in [0.2, 0.25) is 0 Å². The van der Waals surface area contributed by atoms with Gasteiger partial charge >= 0.3 is 0 Å². The lowest BCUT2D eigenvalue weighted by Crippen LogP contribution is -2.47. The zero-order valence-corrected chi connectivity index (χ0v) is 17.8. The van der Waals surface area contributed by atoms with Gasteiger partial charge < -0.3 is 20.4 Å². The van der Waals surface area contributed by atoms with E-state index in [-0.39, 0.29) is 16.9 Å². The zero-order chi connectivity index (χ0) is 20.4. The Morgan fingerprint density at radius 3 is 2.50 bits per heavy atom. The molecule has 0 unspecified atom stereocenters. The van der Waals surface area contributed by atoms with Crippen molar-refractivity contribution in [3.63, 3.8) is 0 Å². The molecule has 0 atom stereocenters. The van der Waals surface area contributed by atoms with Gasteiger partial charge in [-0.05, 0) is 43.9 Å². The third kappa shape index (κ3) is 7.56. The van der Waals surface area contributed by atoms with Crippen molar-refractivity contribution in [1.82, 2.24) is 15.1 Å². The maximum absolute atomic E-state index is 12.7. The highest BCUT2D eigenvalue weighted by Gasteiger charge is 2.20. The van der Waals surface area contributed by atoms with Crippen LogP contribution in [-0.2, 0) is 4.79 Å². The quantitative estimate of drug-likeness (QED) is 0.514. The minimum Gasteiger partial charge on any atom is -0.336 e. The molecule has 0 aromatic heterocycles. The van der Waals surface area contributed by atoms with E-state index >= 15 is 0 Å². The number of hydrogen-bond acceptors (Lipinski definition) is 4. The summed E-state index contributed by atoms with van der Waals surface area (Å²) in [4.78, 5) is 28.8. The second kappa shape index (κ2) is 11.8. The molecule has 1 saturated heterocycles. The molecule has 28 heavy (non-hydrogen) atoms. The topological polar surface area (TPSA) is 64.7 Å². The minimum atomic E-state index is -0.0707. The van der Waals surface area contributed by atoms with Crippen LogP contribution in [0.4, 0.5) is 5.69 Å². The van der Waals surface area contributed by atoms with E-state index in [0.717, 1.165) is 39.0 Å². The van der Waals surface area contributed by atoms with Gasteiger partial charge in [-0.3, -0.25) is 9.59 Å². The van der Waals surface area contributed by atoms with Crippen LogP contribution >= 0.6 is 12.2 Å². The first-order valence-electron chi connectivity index (χ1n) is 10.2. The predicted molar refractivity (Wildman–Crippen MR) is 118 cm³/mol. The zero-order valence-electron chi connectivity index (χ0n) is 17.0. The Hall–Kier alpha value is -1.99. The van der Waals surface area contributed by atoms with Crippen LogP contribution < -0.4 is 10.6 Å². The van der Waals surface area contributed by atoms with E-state index in [1.807, 2.05) is 23.1 Å². The molecule has 7 heteroatoms. The molecule has 0 saturated carbocycles. The van der Waals surface area contributed by atoms with Gasteiger partial charge in [0.05, 0.1) is 0 Å². The van der Waals surface area contributed by atoms with Gasteiger partial charge in [0.15, 0.2) is 5.11 Å². The van der Waals surface area contributed by atoms with Crippen molar-refractivity contribution >= 4 is 34.8 Å². The third-order valence-electron chi connectivity index (χ3n) is 4.92. The number of carbonyl (C=O) groups excluding carboxylic acids is 2. The van der Waals surface area contributed by atoms with Crippen LogP contribution in [0.3, 0.4) is 0 Å². The van der Waals surface area contributed by atoms with Crippen LogP contribution in [0.5, 0.6) is 0 Å². The van der Waals surface area contributed by atoms with Gasteiger partial charge in [0.1, 0.15) is 0 Å². The minimum absolute atomic E-state index is 0.0267. The molecule has 1 aromatic carbocycles. The van der Waals surface area contributed by atoms with E-state index in [1.54, 1.807) is 6.07 Å². The number of amides is 2. The van der Waals surface area contributed by atoms with Crippen LogP contribution in [0, 0.1) is 0 Å². The summed E-state index contributed by atoms with van der Waals surface area (Å²) in [7, 11) is 2.06. The molecule has 1 aliphatic rings. The Morgan fingerprint density at radius 2 is 1.79 bits per heavy atom. The van der Waals surface area contributed by atoms with E-state index in [4.69, 9.17) is 12.2 Å². The predicted octanol–water partition coefficient (Wildman–Crippen LogP) is 3.25. The highest BCUT2D eigenvalue weighted by Crippen LogP contribution is 2.14. The van der Waals surface area contributed by atoms with Gasteiger partial charge in [-0.25, -0.2) is 0 Å². The molecule has 0 radical (unpaired) electrons. The number of likely N-dealkylation sites (N-methyl/N-ethyl adjacent to an activating group) is 1. The molecule has 2 amide bonds. The Bertz CT molecular complexity index is 672. The number of rotatable bonds is 8. The van der Waals surface area contributed by atoms with Gasteiger partial charge in [0.2, 0.25) is 5.91 Å². The van der Waals surface area contributed by atoms with Crippen molar-refractivity contribution in [2.45, 2.75) is 45.4 Å². The molecule has 6 nitrogen and oxygen atoms in total. The lowest BCUT2D eigenvalue weighted by molar-refractivity contribution is -0.119. The highest BCUT2D eigenvalue weighted by molar-refractivity contribution is 7.80. The first-order valence-corrected chi connectivity index (χ1v) is 10.6. The maximum atomic E-state index is 12.7. The van der Waals surface area contributed by atoms with Crippen molar-refractivity contribution in [3.05, 3.63) is 29.8 Å². The fraction of sp³-hybridized carbons (Fsp3) is 0.571. The van der Waals surface area contributed by atoms with Crippen molar-refractivity contribution < 1.29 is 9.59 Å². The SMILES string of the molecule is CCCCCCCC(=O)NC(=S)Nc1cccc(C(=O)N2CCN(C)CC2)c1. The molecule has 0 bridgehead atoms. The fourth-order valence-corrected chi connectivity index (χ4v) is 3.39. The molecule has 1 aliphatic heterocycles. The van der Waals surface area contributed by atoms with Crippen molar-refractivity contribution in [1.29, 1.82) is 0 Å². The third-order valence-corrected chi connectivity index (χ3v) is 5.12. The first kappa shape index (κ1) is 22.3. The molecule has 0 aliphatic carbocycles. The summed E-state index contributed by atoms with van der Waals surface area (Å²) >= 11 is 5.24. The lowest BCUT2D eigenvalue weighted by Gasteiger charge is -2.32. The lowest BCUT2D eigenvalue weighted by atomic mass is 10.1. The molecule has 2 N–H and O–H groups in total. The Balaban J connectivity index is 1.80. The van der Waals surface area contributed by atoms with Gasteiger partial charge in [-0.2, -0.15) is 0 Å². The number of piperazine rings is 1. The van der Waals surface area contributed by atoms with Crippen molar-refractivity contribution in [2.24, 2.45) is 0 Å². The normalized spacial score (nSPS) is 14.6. The first-order chi connectivity index (χ1) is 13.5. The summed E-state index contributed by atoms with van der Waals surface area (Å²) < 4.78 is 0. The van der Waals surface area contributed by atoms with Crippen molar-refractivity contribution in [3.8, 4) is 0 Å². The largest absolute Gasteiger partial charge is 0.336 e. The highest BCUT2D eigenvalue weighted by atomic mass is 32.1. The summed E-state index contributed by atoms with van der Waals surface area (Å²) in [6, 6.07) is 7.25. The molecule has 0 spiro atoms. The standard InChI is InChI=1S/C21H32N4O2S/c1-3-4-5-6-7-11-19(26)23-21(28)22-18-10-8-9-17(16-18)20(27)25-14-12-24(2)13-15-25/h8-10,16H,3-7,11-15H2,1-2H3,(H2,22,23,26,28). The number of benzene rings is 1.